The largest absolute Gasteiger partial charge is 0.330 e. The third-order valence-corrected chi connectivity index (χ3v) is 4.80. The van der Waals surface area contributed by atoms with Crippen LogP contribution >= 0.6 is 0 Å². The van der Waals surface area contributed by atoms with Gasteiger partial charge in [0.1, 0.15) is 12.0 Å². The number of benzene rings is 1. The van der Waals surface area contributed by atoms with Crippen LogP contribution in [0.25, 0.3) is 5.57 Å². The van der Waals surface area contributed by atoms with Crippen molar-refractivity contribution in [3.05, 3.63) is 53.4 Å². The van der Waals surface area contributed by atoms with Gasteiger partial charge in [0.05, 0.1) is 17.6 Å². The first-order chi connectivity index (χ1) is 12.2. The molecule has 0 spiro atoms. The molecule has 0 radical (unpaired) electrons. The van der Waals surface area contributed by atoms with E-state index in [-0.39, 0.29) is 18.0 Å². The second-order valence-electron chi connectivity index (χ2n) is 6.58. The van der Waals surface area contributed by atoms with Crippen molar-refractivity contribution in [3.8, 4) is 6.07 Å². The van der Waals surface area contributed by atoms with E-state index in [0.717, 1.165) is 18.8 Å². The van der Waals surface area contributed by atoms with E-state index >= 15 is 0 Å². The van der Waals surface area contributed by atoms with Crippen molar-refractivity contribution >= 4 is 17.7 Å². The molecule has 1 aromatic rings. The van der Waals surface area contributed by atoms with Crippen LogP contribution in [0.5, 0.6) is 0 Å². The van der Waals surface area contributed by atoms with Gasteiger partial charge in [-0.3, -0.25) is 9.80 Å². The summed E-state index contributed by atoms with van der Waals surface area (Å²) in [7, 11) is 0. The summed E-state index contributed by atoms with van der Waals surface area (Å²) >= 11 is 0. The minimum atomic E-state index is -0.209. The number of nitriles is 1. The molecule has 25 heavy (non-hydrogen) atoms. The molecule has 6 heteroatoms. The molecule has 0 saturated carbocycles. The number of fused-ring (bicyclic) bond motifs is 3. The minimum Gasteiger partial charge on any atom is -0.330 e. The number of amides is 1. The van der Waals surface area contributed by atoms with Crippen LogP contribution in [0, 0.1) is 23.2 Å². The Morgan fingerprint density at radius 3 is 3.00 bits per heavy atom. The lowest BCUT2D eigenvalue weighted by atomic mass is 9.90. The topological polar surface area (TPSA) is 80.5 Å². The van der Waals surface area contributed by atoms with Gasteiger partial charge in [-0.1, -0.05) is 31.2 Å². The zero-order valence-electron chi connectivity index (χ0n) is 13.9. The zero-order valence-corrected chi connectivity index (χ0v) is 13.9. The van der Waals surface area contributed by atoms with Crippen molar-refractivity contribution < 1.29 is 4.79 Å². The van der Waals surface area contributed by atoms with E-state index in [1.165, 1.54) is 0 Å². The number of carbonyl (C=O) groups is 1. The number of hydrogen-bond acceptors (Lipinski definition) is 5. The van der Waals surface area contributed by atoms with E-state index in [1.54, 1.807) is 12.1 Å². The zero-order chi connectivity index (χ0) is 17.4. The number of nitrogens with one attached hydrogen (secondary N) is 2. The maximum absolute atomic E-state index is 12.7. The summed E-state index contributed by atoms with van der Waals surface area (Å²) < 4.78 is 0. The van der Waals surface area contributed by atoms with Crippen molar-refractivity contribution in [1.29, 1.82) is 5.26 Å². The molecule has 4 rings (SSSR count). The van der Waals surface area contributed by atoms with Crippen LogP contribution in [0.4, 0.5) is 0 Å². The number of carbonyl (C=O) groups excluding carboxylic acids is 1. The van der Waals surface area contributed by atoms with Gasteiger partial charge < -0.3 is 5.32 Å². The molecule has 3 atom stereocenters. The second kappa shape index (κ2) is 6.19. The van der Waals surface area contributed by atoms with Gasteiger partial charge >= 0.3 is 0 Å². The van der Waals surface area contributed by atoms with Gasteiger partial charge in [0, 0.05) is 23.9 Å². The smallest absolute Gasteiger partial charge is 0.253 e. The Balaban J connectivity index is 1.73. The van der Waals surface area contributed by atoms with Crippen molar-refractivity contribution in [1.82, 2.24) is 15.8 Å². The number of hydrogen-bond donors (Lipinski definition) is 2. The maximum Gasteiger partial charge on any atom is 0.253 e. The highest BCUT2D eigenvalue weighted by Gasteiger charge is 2.37. The number of rotatable bonds is 1. The molecule has 1 aromatic carbocycles. The highest BCUT2D eigenvalue weighted by molar-refractivity contribution is 6.21. The Morgan fingerprint density at radius 2 is 2.16 bits per heavy atom. The lowest BCUT2D eigenvalue weighted by molar-refractivity contribution is -0.118. The highest BCUT2D eigenvalue weighted by atomic mass is 16.2. The van der Waals surface area contributed by atoms with Crippen molar-refractivity contribution in [2.75, 3.05) is 6.54 Å². The normalized spacial score (nSPS) is 27.9. The predicted octanol–water partition coefficient (Wildman–Crippen LogP) is 1.79. The Hall–Kier alpha value is -2.91. The Bertz CT molecular complexity index is 848. The predicted molar refractivity (Wildman–Crippen MR) is 94.8 cm³/mol. The van der Waals surface area contributed by atoms with Gasteiger partial charge in [-0.2, -0.15) is 5.26 Å². The molecule has 0 aliphatic carbocycles. The molecule has 0 saturated heterocycles. The minimum absolute atomic E-state index is 0.0579. The summed E-state index contributed by atoms with van der Waals surface area (Å²) in [6, 6.07) is 9.33. The summed E-state index contributed by atoms with van der Waals surface area (Å²) in [6.07, 6.45) is 6.73. The number of nitrogens with zero attached hydrogens (tertiary/aromatic N) is 3. The first-order valence-electron chi connectivity index (χ1n) is 8.48. The van der Waals surface area contributed by atoms with Gasteiger partial charge in [-0.25, -0.2) is 10.4 Å². The van der Waals surface area contributed by atoms with E-state index in [0.29, 0.717) is 22.6 Å². The molecule has 0 bridgehead atoms. The first-order valence-corrected chi connectivity index (χ1v) is 8.48. The van der Waals surface area contributed by atoms with Gasteiger partial charge in [-0.15, -0.1) is 0 Å². The van der Waals surface area contributed by atoms with E-state index in [2.05, 4.69) is 34.8 Å². The van der Waals surface area contributed by atoms with E-state index in [4.69, 9.17) is 0 Å². The molecule has 3 aliphatic rings. The third kappa shape index (κ3) is 2.73. The Labute approximate surface area is 146 Å². The van der Waals surface area contributed by atoms with Crippen LogP contribution in [-0.4, -0.2) is 29.8 Å². The summed E-state index contributed by atoms with van der Waals surface area (Å²) in [6.45, 7) is 3.00. The molecule has 2 N–H and O–H groups in total. The summed E-state index contributed by atoms with van der Waals surface area (Å²) in [5, 5.41) is 14.3. The molecular weight excluding hydrogens is 314 g/mol. The number of aliphatic imine (C=N–C) groups is 1. The molecule has 126 valence electrons. The first kappa shape index (κ1) is 15.6. The van der Waals surface area contributed by atoms with Gasteiger partial charge in [0.15, 0.2) is 0 Å². The van der Waals surface area contributed by atoms with E-state index in [9.17, 15) is 10.1 Å². The molecular formula is C19H19N5O. The fourth-order valence-electron chi connectivity index (χ4n) is 3.48. The van der Waals surface area contributed by atoms with Crippen LogP contribution in [-0.2, 0) is 4.79 Å². The maximum atomic E-state index is 12.7. The van der Waals surface area contributed by atoms with Gasteiger partial charge in [0.25, 0.3) is 5.91 Å². The quantitative estimate of drug-likeness (QED) is 0.821. The number of allylic oxidation sites excluding steroid dienone is 1. The highest BCUT2D eigenvalue weighted by Crippen LogP contribution is 2.30. The third-order valence-electron chi connectivity index (χ3n) is 4.80. The standard InChI is InChI=1S/C19H19N5O/c1-12-6-7-22-24-17(8-12)21-11-14-9-16(19(25)23-18(14)24)15-5-3-2-4-13(15)10-20/h2-5,8-9,11-12,14,18,22H,6-7H2,1H3,(H,23,25). The molecule has 3 aliphatic heterocycles. The molecule has 0 aromatic heterocycles. The van der Waals surface area contributed by atoms with Crippen molar-refractivity contribution in [2.24, 2.45) is 16.8 Å². The molecule has 0 fully saturated rings. The average molecular weight is 333 g/mol. The average Bonchev–Trinajstić information content (AvgIpc) is 2.82. The monoisotopic (exact) mass is 333 g/mol. The summed E-state index contributed by atoms with van der Waals surface area (Å²) in [5.74, 6) is 1.06. The van der Waals surface area contributed by atoms with Gasteiger partial charge in [0.2, 0.25) is 0 Å². The van der Waals surface area contributed by atoms with Crippen LogP contribution < -0.4 is 10.7 Å². The van der Waals surface area contributed by atoms with Crippen molar-refractivity contribution in [3.63, 3.8) is 0 Å². The molecule has 6 nitrogen and oxygen atoms in total. The van der Waals surface area contributed by atoms with E-state index in [1.807, 2.05) is 29.4 Å². The van der Waals surface area contributed by atoms with E-state index < -0.39 is 0 Å². The fraction of sp³-hybridized carbons (Fsp3) is 0.316. The molecule has 3 unspecified atom stereocenters. The lowest BCUT2D eigenvalue weighted by Gasteiger charge is -2.41. The van der Waals surface area contributed by atoms with Gasteiger partial charge in [-0.05, 0) is 24.5 Å². The SMILES string of the molecule is CC1C=C2N=CC3C=C(c4ccccc4C#N)C(=O)NC3N2NCC1. The lowest BCUT2D eigenvalue weighted by Crippen LogP contribution is -2.60. The second-order valence-corrected chi connectivity index (χ2v) is 6.58. The Morgan fingerprint density at radius 1 is 1.32 bits per heavy atom. The summed E-state index contributed by atoms with van der Waals surface area (Å²) in [5.41, 5.74) is 5.05. The molecule has 3 heterocycles. The van der Waals surface area contributed by atoms with Crippen LogP contribution in [0.1, 0.15) is 24.5 Å². The fourth-order valence-corrected chi connectivity index (χ4v) is 3.48. The van der Waals surface area contributed by atoms with Crippen LogP contribution in [0.2, 0.25) is 0 Å². The van der Waals surface area contributed by atoms with Crippen molar-refractivity contribution in [2.45, 2.75) is 19.5 Å². The number of hydrazine groups is 1. The summed E-state index contributed by atoms with van der Waals surface area (Å²) in [4.78, 5) is 17.3. The Kier molecular flexibility index (Phi) is 3.86. The van der Waals surface area contributed by atoms with Crippen LogP contribution in [0.15, 0.2) is 47.2 Å². The van der Waals surface area contributed by atoms with Crippen LogP contribution in [0.3, 0.4) is 0 Å². The molecule has 1 amide bonds.